The summed E-state index contributed by atoms with van der Waals surface area (Å²) in [5, 5.41) is 37.3. The monoisotopic (exact) mass is 383 g/mol. The molecule has 146 valence electrons. The molecule has 1 aliphatic heterocycles. The summed E-state index contributed by atoms with van der Waals surface area (Å²) in [7, 11) is 0. The number of benzene rings is 2. The first-order chi connectivity index (χ1) is 13.6. The number of ether oxygens (including phenoxy) is 2. The van der Waals surface area contributed by atoms with E-state index in [2.05, 4.69) is 10.3 Å². The van der Waals surface area contributed by atoms with Crippen LogP contribution in [0.15, 0.2) is 60.8 Å². The van der Waals surface area contributed by atoms with Crippen LogP contribution < -0.4 is 4.74 Å². The van der Waals surface area contributed by atoms with Crippen molar-refractivity contribution >= 4 is 0 Å². The number of aliphatic hydroxyl groups excluding tert-OH is 3. The summed E-state index contributed by atoms with van der Waals surface area (Å²) in [4.78, 5) is 0. The van der Waals surface area contributed by atoms with Crippen molar-refractivity contribution < 1.29 is 24.8 Å². The van der Waals surface area contributed by atoms with E-state index in [9.17, 15) is 15.3 Å². The molecule has 3 N–H and O–H groups in total. The van der Waals surface area contributed by atoms with Crippen LogP contribution in [0.2, 0.25) is 0 Å². The molecule has 0 amide bonds. The van der Waals surface area contributed by atoms with Gasteiger partial charge in [0.25, 0.3) is 0 Å². The first-order valence-corrected chi connectivity index (χ1v) is 8.96. The maximum atomic E-state index is 10.0. The normalized spacial score (nSPS) is 24.8. The van der Waals surface area contributed by atoms with Crippen molar-refractivity contribution in [2.45, 2.75) is 31.1 Å². The molecule has 1 aliphatic rings. The summed E-state index contributed by atoms with van der Waals surface area (Å²) >= 11 is 0. The van der Waals surface area contributed by atoms with Gasteiger partial charge >= 0.3 is 0 Å². The SMILES string of the molecule is O[C@@H]1[C@@H](O)[C@H](n2cc(COc3ccc(-c4ccccc4)cc3)nn2)OC[C@H]1O. The van der Waals surface area contributed by atoms with Crippen molar-refractivity contribution in [3.8, 4) is 16.9 Å². The highest BCUT2D eigenvalue weighted by atomic mass is 16.5. The van der Waals surface area contributed by atoms with Crippen LogP contribution in [-0.2, 0) is 11.3 Å². The van der Waals surface area contributed by atoms with Crippen molar-refractivity contribution in [2.75, 3.05) is 6.61 Å². The van der Waals surface area contributed by atoms with Gasteiger partial charge in [-0.05, 0) is 23.3 Å². The van der Waals surface area contributed by atoms with Crippen LogP contribution in [-0.4, -0.2) is 55.2 Å². The molecule has 8 heteroatoms. The standard InChI is InChI=1S/C20H21N3O5/c24-17-12-28-20(19(26)18(17)25)23-10-15(21-22-23)11-27-16-8-6-14(7-9-16)13-4-2-1-3-5-13/h1-10,17-20,24-26H,11-12H2/t17-,18+,19-,20-/m1/s1. The second-order valence-corrected chi connectivity index (χ2v) is 6.64. The van der Waals surface area contributed by atoms with E-state index in [1.165, 1.54) is 4.68 Å². The highest BCUT2D eigenvalue weighted by molar-refractivity contribution is 5.63. The topological polar surface area (TPSA) is 110 Å². The Morgan fingerprint density at radius 2 is 1.68 bits per heavy atom. The molecule has 8 nitrogen and oxygen atoms in total. The van der Waals surface area contributed by atoms with E-state index in [1.54, 1.807) is 6.20 Å². The Morgan fingerprint density at radius 3 is 2.43 bits per heavy atom. The molecule has 0 saturated carbocycles. The molecule has 0 spiro atoms. The third-order valence-electron chi connectivity index (χ3n) is 4.64. The summed E-state index contributed by atoms with van der Waals surface area (Å²) < 4.78 is 12.4. The second kappa shape index (κ2) is 8.07. The quantitative estimate of drug-likeness (QED) is 0.606. The lowest BCUT2D eigenvalue weighted by atomic mass is 10.0. The Labute approximate surface area is 161 Å². The summed E-state index contributed by atoms with van der Waals surface area (Å²) in [6.07, 6.45) is -3.06. The summed E-state index contributed by atoms with van der Waals surface area (Å²) in [6.45, 7) is 0.0982. The molecule has 0 aliphatic carbocycles. The Morgan fingerprint density at radius 1 is 0.964 bits per heavy atom. The van der Waals surface area contributed by atoms with Crippen LogP contribution in [0.3, 0.4) is 0 Å². The van der Waals surface area contributed by atoms with E-state index in [4.69, 9.17) is 9.47 Å². The van der Waals surface area contributed by atoms with E-state index in [-0.39, 0.29) is 13.2 Å². The number of aliphatic hydroxyl groups is 3. The van der Waals surface area contributed by atoms with Crippen LogP contribution in [0.4, 0.5) is 0 Å². The van der Waals surface area contributed by atoms with Crippen LogP contribution in [0.25, 0.3) is 11.1 Å². The van der Waals surface area contributed by atoms with Crippen molar-refractivity contribution in [3.63, 3.8) is 0 Å². The van der Waals surface area contributed by atoms with Gasteiger partial charge in [0.15, 0.2) is 6.23 Å². The van der Waals surface area contributed by atoms with Crippen molar-refractivity contribution in [1.82, 2.24) is 15.0 Å². The second-order valence-electron chi connectivity index (χ2n) is 6.64. The van der Waals surface area contributed by atoms with Gasteiger partial charge < -0.3 is 24.8 Å². The van der Waals surface area contributed by atoms with Gasteiger partial charge in [-0.1, -0.05) is 47.7 Å². The van der Waals surface area contributed by atoms with Gasteiger partial charge in [-0.2, -0.15) is 0 Å². The van der Waals surface area contributed by atoms with E-state index < -0.39 is 24.5 Å². The van der Waals surface area contributed by atoms with E-state index in [1.807, 2.05) is 54.6 Å². The molecule has 0 unspecified atom stereocenters. The molecule has 1 fully saturated rings. The Bertz CT molecular complexity index is 900. The smallest absolute Gasteiger partial charge is 0.180 e. The number of hydrogen-bond donors (Lipinski definition) is 3. The molecule has 28 heavy (non-hydrogen) atoms. The van der Waals surface area contributed by atoms with E-state index in [0.29, 0.717) is 11.4 Å². The van der Waals surface area contributed by atoms with E-state index >= 15 is 0 Å². The van der Waals surface area contributed by atoms with Gasteiger partial charge in [0.05, 0.1) is 12.8 Å². The predicted octanol–water partition coefficient (Wildman–Crippen LogP) is 1.14. The molecule has 4 atom stereocenters. The first kappa shape index (κ1) is 18.6. The Hall–Kier alpha value is -2.78. The molecule has 2 aromatic carbocycles. The third-order valence-corrected chi connectivity index (χ3v) is 4.64. The summed E-state index contributed by atoms with van der Waals surface area (Å²) in [5.41, 5.74) is 2.78. The van der Waals surface area contributed by atoms with E-state index in [0.717, 1.165) is 11.1 Å². The summed E-state index contributed by atoms with van der Waals surface area (Å²) in [5.74, 6) is 0.696. The average Bonchev–Trinajstić information content (AvgIpc) is 3.20. The van der Waals surface area contributed by atoms with Gasteiger partial charge in [0.1, 0.15) is 36.4 Å². The van der Waals surface area contributed by atoms with Crippen molar-refractivity contribution in [1.29, 1.82) is 0 Å². The van der Waals surface area contributed by atoms with Crippen LogP contribution >= 0.6 is 0 Å². The highest BCUT2D eigenvalue weighted by Crippen LogP contribution is 2.24. The zero-order valence-corrected chi connectivity index (χ0v) is 15.0. The average molecular weight is 383 g/mol. The molecule has 1 saturated heterocycles. The van der Waals surface area contributed by atoms with Crippen molar-refractivity contribution in [2.24, 2.45) is 0 Å². The van der Waals surface area contributed by atoms with Crippen LogP contribution in [0, 0.1) is 0 Å². The van der Waals surface area contributed by atoms with Crippen LogP contribution in [0.5, 0.6) is 5.75 Å². The molecule has 3 aromatic rings. The number of aromatic nitrogens is 3. The molecular weight excluding hydrogens is 362 g/mol. The van der Waals surface area contributed by atoms with Crippen molar-refractivity contribution in [3.05, 3.63) is 66.5 Å². The lowest BCUT2D eigenvalue weighted by Crippen LogP contribution is -2.50. The fourth-order valence-corrected chi connectivity index (χ4v) is 3.06. The fraction of sp³-hybridized carbons (Fsp3) is 0.300. The summed E-state index contributed by atoms with van der Waals surface area (Å²) in [6, 6.07) is 17.8. The molecule has 0 radical (unpaired) electrons. The van der Waals surface area contributed by atoms with Gasteiger partial charge in [-0.3, -0.25) is 0 Å². The van der Waals surface area contributed by atoms with Gasteiger partial charge in [0, 0.05) is 0 Å². The Kier molecular flexibility index (Phi) is 5.36. The highest BCUT2D eigenvalue weighted by Gasteiger charge is 2.39. The predicted molar refractivity (Wildman–Crippen MR) is 99.2 cm³/mol. The molecule has 1 aromatic heterocycles. The lowest BCUT2D eigenvalue weighted by Gasteiger charge is -2.34. The molecule has 4 rings (SSSR count). The minimum atomic E-state index is -1.30. The van der Waals surface area contributed by atoms with Gasteiger partial charge in [-0.25, -0.2) is 4.68 Å². The number of hydrogen-bond acceptors (Lipinski definition) is 7. The largest absolute Gasteiger partial charge is 0.487 e. The van der Waals surface area contributed by atoms with Gasteiger partial charge in [0.2, 0.25) is 0 Å². The van der Waals surface area contributed by atoms with Crippen LogP contribution in [0.1, 0.15) is 11.9 Å². The lowest BCUT2D eigenvalue weighted by molar-refractivity contribution is -0.214. The zero-order chi connectivity index (χ0) is 19.5. The maximum absolute atomic E-state index is 10.0. The third kappa shape index (κ3) is 3.90. The maximum Gasteiger partial charge on any atom is 0.180 e. The minimum Gasteiger partial charge on any atom is -0.487 e. The zero-order valence-electron chi connectivity index (χ0n) is 15.0. The Balaban J connectivity index is 1.37. The molecular formula is C20H21N3O5. The number of rotatable bonds is 5. The number of nitrogens with zero attached hydrogens (tertiary/aromatic N) is 3. The van der Waals surface area contributed by atoms with Gasteiger partial charge in [-0.15, -0.1) is 5.10 Å². The fourth-order valence-electron chi connectivity index (χ4n) is 3.06. The minimum absolute atomic E-state index is 0.0949. The molecule has 2 heterocycles. The first-order valence-electron chi connectivity index (χ1n) is 8.96. The molecule has 0 bridgehead atoms.